The van der Waals surface area contributed by atoms with Crippen LogP contribution in [0, 0.1) is 5.41 Å². The largest absolute Gasteiger partial charge is 0.378 e. The summed E-state index contributed by atoms with van der Waals surface area (Å²) in [6.07, 6.45) is 10.0. The van der Waals surface area contributed by atoms with Crippen molar-refractivity contribution in [2.24, 2.45) is 5.41 Å². The van der Waals surface area contributed by atoms with Crippen LogP contribution in [-0.4, -0.2) is 57.5 Å². The van der Waals surface area contributed by atoms with Gasteiger partial charge in [0.2, 0.25) is 5.95 Å². The Hall–Kier alpha value is -0.820. The van der Waals surface area contributed by atoms with Crippen molar-refractivity contribution in [3.8, 4) is 0 Å². The van der Waals surface area contributed by atoms with Crippen LogP contribution in [0.4, 0.5) is 5.95 Å². The Bertz CT molecular complexity index is 544. The van der Waals surface area contributed by atoms with E-state index >= 15 is 0 Å². The summed E-state index contributed by atoms with van der Waals surface area (Å²) in [5.74, 6) is 0.979. The first-order chi connectivity index (χ1) is 11.3. The predicted octanol–water partition coefficient (Wildman–Crippen LogP) is 2.53. The first-order valence-corrected chi connectivity index (χ1v) is 10.2. The zero-order valence-corrected chi connectivity index (χ0v) is 15.0. The van der Waals surface area contributed by atoms with Crippen LogP contribution < -0.4 is 4.90 Å². The van der Waals surface area contributed by atoms with E-state index in [1.165, 1.54) is 32.1 Å². The lowest BCUT2D eigenvalue weighted by atomic mass is 9.60. The molecule has 1 aliphatic heterocycles. The topological polar surface area (TPSA) is 56.1 Å². The highest BCUT2D eigenvalue weighted by atomic mass is 32.2. The third-order valence-corrected chi connectivity index (χ3v) is 7.23. The average molecular weight is 337 g/mol. The van der Waals surface area contributed by atoms with E-state index in [4.69, 9.17) is 4.74 Å². The molecule has 1 aromatic heterocycles. The fourth-order valence-electron chi connectivity index (χ4n) is 4.89. The number of tetrazole rings is 1. The first-order valence-electron chi connectivity index (χ1n) is 8.95. The number of nitrogens with zero attached hydrogens (tertiary/aromatic N) is 5. The summed E-state index contributed by atoms with van der Waals surface area (Å²) >= 11 is 1.95. The van der Waals surface area contributed by atoms with Crippen molar-refractivity contribution in [2.45, 2.75) is 62.8 Å². The Labute approximate surface area is 142 Å². The monoisotopic (exact) mass is 337 g/mol. The molecule has 0 amide bonds. The van der Waals surface area contributed by atoms with Crippen molar-refractivity contribution in [2.75, 3.05) is 30.9 Å². The minimum absolute atomic E-state index is 0.277. The van der Waals surface area contributed by atoms with Crippen molar-refractivity contribution >= 4 is 17.7 Å². The Morgan fingerprint density at radius 1 is 1.35 bits per heavy atom. The molecule has 1 saturated heterocycles. The normalized spacial score (nSPS) is 32.6. The van der Waals surface area contributed by atoms with Gasteiger partial charge in [-0.15, -0.1) is 0 Å². The first kappa shape index (κ1) is 15.7. The lowest BCUT2D eigenvalue weighted by molar-refractivity contribution is -0.147. The molecule has 0 bridgehead atoms. The zero-order valence-electron chi connectivity index (χ0n) is 14.1. The van der Waals surface area contributed by atoms with E-state index in [2.05, 4.69) is 38.3 Å². The molecule has 4 rings (SSSR count). The number of anilines is 1. The second-order valence-corrected chi connectivity index (χ2v) is 8.29. The lowest BCUT2D eigenvalue weighted by Gasteiger charge is -2.53. The number of aromatic nitrogens is 4. The third-order valence-electron chi connectivity index (χ3n) is 6.18. The molecule has 0 N–H and O–H groups in total. The van der Waals surface area contributed by atoms with Gasteiger partial charge in [0.15, 0.2) is 0 Å². The molecule has 2 saturated carbocycles. The summed E-state index contributed by atoms with van der Waals surface area (Å²) < 4.78 is 8.17. The van der Waals surface area contributed by atoms with E-state index < -0.39 is 0 Å². The fraction of sp³-hybridized carbons (Fsp3) is 0.938. The fourth-order valence-corrected chi connectivity index (χ4v) is 5.56. The van der Waals surface area contributed by atoms with Gasteiger partial charge in [-0.3, -0.25) is 0 Å². The predicted molar refractivity (Wildman–Crippen MR) is 91.9 cm³/mol. The molecule has 0 radical (unpaired) electrons. The molecule has 0 aromatic carbocycles. The van der Waals surface area contributed by atoms with Crippen LogP contribution in [0.15, 0.2) is 0 Å². The minimum atomic E-state index is 0.277. The van der Waals surface area contributed by atoms with Crippen LogP contribution in [0.5, 0.6) is 0 Å². The number of rotatable bonds is 5. The molecule has 7 heteroatoms. The number of ether oxygens (including phenoxy) is 1. The highest BCUT2D eigenvalue weighted by Gasteiger charge is 2.58. The van der Waals surface area contributed by atoms with Gasteiger partial charge in [0, 0.05) is 30.4 Å². The summed E-state index contributed by atoms with van der Waals surface area (Å²) in [5, 5.41) is 13.5. The molecule has 2 aliphatic carbocycles. The van der Waals surface area contributed by atoms with Gasteiger partial charge in [0.25, 0.3) is 0 Å². The average Bonchev–Trinajstić information content (AvgIpc) is 3.31. The standard InChI is InChI=1S/C16H27N5OS/c1-3-22-14-10-13(16(14)7-4-5-8-16)21-15(17-18-19-21)20-9-6-12(11-20)23-2/h12-14H,3-11H2,1-2H3. The highest BCUT2D eigenvalue weighted by molar-refractivity contribution is 7.99. The Morgan fingerprint density at radius 3 is 2.87 bits per heavy atom. The number of thioether (sulfide) groups is 1. The van der Waals surface area contributed by atoms with Gasteiger partial charge in [-0.05, 0) is 49.3 Å². The molecule has 23 heavy (non-hydrogen) atoms. The van der Waals surface area contributed by atoms with Gasteiger partial charge in [0.05, 0.1) is 12.1 Å². The van der Waals surface area contributed by atoms with E-state index in [-0.39, 0.29) is 5.41 Å². The SMILES string of the molecule is CCOC1CC(n2nnnc2N2CCC(SC)C2)C12CCCC2. The molecule has 1 aromatic rings. The van der Waals surface area contributed by atoms with Crippen LogP contribution in [0.25, 0.3) is 0 Å². The quantitative estimate of drug-likeness (QED) is 0.823. The van der Waals surface area contributed by atoms with Crippen molar-refractivity contribution in [3.05, 3.63) is 0 Å². The molecular formula is C16H27N5OS. The second kappa shape index (κ2) is 6.24. The van der Waals surface area contributed by atoms with Crippen LogP contribution in [-0.2, 0) is 4.74 Å². The van der Waals surface area contributed by atoms with Crippen LogP contribution in [0.1, 0.15) is 51.5 Å². The second-order valence-electron chi connectivity index (χ2n) is 7.15. The minimum Gasteiger partial charge on any atom is -0.378 e. The summed E-state index contributed by atoms with van der Waals surface area (Å²) in [7, 11) is 0. The Balaban J connectivity index is 1.56. The van der Waals surface area contributed by atoms with Gasteiger partial charge in [-0.2, -0.15) is 11.8 Å². The van der Waals surface area contributed by atoms with Crippen molar-refractivity contribution in [3.63, 3.8) is 0 Å². The smallest absolute Gasteiger partial charge is 0.245 e. The van der Waals surface area contributed by atoms with Crippen molar-refractivity contribution in [1.82, 2.24) is 20.2 Å². The van der Waals surface area contributed by atoms with Crippen LogP contribution in [0.2, 0.25) is 0 Å². The summed E-state index contributed by atoms with van der Waals surface area (Å²) in [6.45, 7) is 5.05. The van der Waals surface area contributed by atoms with Crippen molar-refractivity contribution in [1.29, 1.82) is 0 Å². The summed E-state index contributed by atoms with van der Waals surface area (Å²) in [6, 6.07) is 0.417. The van der Waals surface area contributed by atoms with Gasteiger partial charge in [0.1, 0.15) is 0 Å². The maximum atomic E-state index is 6.04. The maximum Gasteiger partial charge on any atom is 0.245 e. The van der Waals surface area contributed by atoms with E-state index in [9.17, 15) is 0 Å². The number of hydrogen-bond acceptors (Lipinski definition) is 6. The maximum absolute atomic E-state index is 6.04. The van der Waals surface area contributed by atoms with Gasteiger partial charge < -0.3 is 9.64 Å². The molecule has 3 atom stereocenters. The third kappa shape index (κ3) is 2.47. The molecular weight excluding hydrogens is 310 g/mol. The summed E-state index contributed by atoms with van der Waals surface area (Å²) in [4.78, 5) is 2.37. The Morgan fingerprint density at radius 2 is 2.17 bits per heavy atom. The van der Waals surface area contributed by atoms with Crippen LogP contribution >= 0.6 is 11.8 Å². The summed E-state index contributed by atoms with van der Waals surface area (Å²) in [5.41, 5.74) is 0.277. The highest BCUT2D eigenvalue weighted by Crippen LogP contribution is 2.61. The van der Waals surface area contributed by atoms with Crippen molar-refractivity contribution < 1.29 is 4.74 Å². The van der Waals surface area contributed by atoms with Gasteiger partial charge in [-0.25, -0.2) is 4.68 Å². The van der Waals surface area contributed by atoms with Crippen LogP contribution in [0.3, 0.4) is 0 Å². The zero-order chi connectivity index (χ0) is 15.9. The molecule has 2 heterocycles. The number of hydrogen-bond donors (Lipinski definition) is 0. The lowest BCUT2D eigenvalue weighted by Crippen LogP contribution is -2.54. The van der Waals surface area contributed by atoms with Gasteiger partial charge in [-0.1, -0.05) is 17.9 Å². The van der Waals surface area contributed by atoms with E-state index in [1.807, 2.05) is 11.8 Å². The van der Waals surface area contributed by atoms with Gasteiger partial charge >= 0.3 is 0 Å². The van der Waals surface area contributed by atoms with E-state index in [0.717, 1.165) is 32.1 Å². The Kier molecular flexibility index (Phi) is 4.26. The molecule has 128 valence electrons. The molecule has 3 fully saturated rings. The molecule has 3 unspecified atom stereocenters. The molecule has 6 nitrogen and oxygen atoms in total. The molecule has 1 spiro atoms. The van der Waals surface area contributed by atoms with E-state index in [1.54, 1.807) is 0 Å². The van der Waals surface area contributed by atoms with E-state index in [0.29, 0.717) is 17.4 Å². The molecule has 3 aliphatic rings.